The third-order valence-corrected chi connectivity index (χ3v) is 5.18. The van der Waals surface area contributed by atoms with Crippen molar-refractivity contribution < 1.29 is 9.53 Å². The minimum Gasteiger partial charge on any atom is -0.355 e. The summed E-state index contributed by atoms with van der Waals surface area (Å²) in [6, 6.07) is 20.2. The van der Waals surface area contributed by atoms with Gasteiger partial charge in [0.15, 0.2) is 0 Å². The minimum absolute atomic E-state index is 0.00229. The highest BCUT2D eigenvalue weighted by molar-refractivity contribution is 8.00. The smallest absolute Gasteiger partial charge is 0.235 e. The second-order valence-corrected chi connectivity index (χ2v) is 7.35. The minimum atomic E-state index is -0.154. The van der Waals surface area contributed by atoms with Crippen LogP contribution in [0.1, 0.15) is 25.5 Å². The van der Waals surface area contributed by atoms with E-state index in [2.05, 4.69) is 26.0 Å². The second kappa shape index (κ2) is 7.86. The largest absolute Gasteiger partial charge is 0.355 e. The number of carbonyl (C=O) groups is 1. The van der Waals surface area contributed by atoms with Crippen LogP contribution in [-0.2, 0) is 9.53 Å². The third-order valence-electron chi connectivity index (χ3n) is 4.18. The molecule has 1 aliphatic heterocycles. The Morgan fingerprint density at radius 1 is 1.12 bits per heavy atom. The van der Waals surface area contributed by atoms with Gasteiger partial charge in [-0.05, 0) is 23.6 Å². The van der Waals surface area contributed by atoms with Gasteiger partial charge >= 0.3 is 0 Å². The topological polar surface area (TPSA) is 29.5 Å². The number of thioether (sulfide) groups is 1. The molecule has 1 heterocycles. The zero-order chi connectivity index (χ0) is 16.9. The number of rotatable bonds is 5. The van der Waals surface area contributed by atoms with Gasteiger partial charge in [-0.3, -0.25) is 4.79 Å². The fraction of sp³-hybridized carbons (Fsp3) is 0.350. The zero-order valence-corrected chi connectivity index (χ0v) is 14.9. The normalized spacial score (nSPS) is 20.5. The lowest BCUT2D eigenvalue weighted by Gasteiger charge is -2.30. The van der Waals surface area contributed by atoms with Crippen LogP contribution < -0.4 is 0 Å². The van der Waals surface area contributed by atoms with Gasteiger partial charge in [0.25, 0.3) is 0 Å². The molecule has 0 N–H and O–H groups in total. The van der Waals surface area contributed by atoms with Crippen LogP contribution in [0, 0.1) is 5.92 Å². The lowest BCUT2D eigenvalue weighted by Crippen LogP contribution is -2.41. The molecule has 0 bridgehead atoms. The Bertz CT molecular complexity index is 660. The third kappa shape index (κ3) is 3.82. The van der Waals surface area contributed by atoms with Crippen LogP contribution in [0.2, 0.25) is 0 Å². The molecule has 2 atom stereocenters. The van der Waals surface area contributed by atoms with Crippen molar-refractivity contribution in [3.8, 4) is 0 Å². The first-order valence-electron chi connectivity index (χ1n) is 8.32. The number of ether oxygens (including phenoxy) is 1. The van der Waals surface area contributed by atoms with Crippen LogP contribution in [-0.4, -0.2) is 29.4 Å². The summed E-state index contributed by atoms with van der Waals surface area (Å²) in [6.45, 7) is 4.76. The molecular formula is C20H23NO2S. The summed E-state index contributed by atoms with van der Waals surface area (Å²) in [5, 5.41) is 0. The van der Waals surface area contributed by atoms with Crippen LogP contribution >= 0.6 is 11.8 Å². The van der Waals surface area contributed by atoms with Gasteiger partial charge in [-0.15, -0.1) is 11.8 Å². The van der Waals surface area contributed by atoms with E-state index in [0.29, 0.717) is 12.4 Å². The van der Waals surface area contributed by atoms with Gasteiger partial charge in [0.05, 0.1) is 18.4 Å². The molecule has 2 aromatic carbocycles. The Labute approximate surface area is 148 Å². The summed E-state index contributed by atoms with van der Waals surface area (Å²) in [6.07, 6.45) is -0.154. The summed E-state index contributed by atoms with van der Waals surface area (Å²) in [5.41, 5.74) is 1.14. The molecule has 1 amide bonds. The van der Waals surface area contributed by atoms with Gasteiger partial charge in [0.1, 0.15) is 6.23 Å². The van der Waals surface area contributed by atoms with Crippen LogP contribution in [0.5, 0.6) is 0 Å². The maximum absolute atomic E-state index is 12.9. The molecule has 0 spiro atoms. The van der Waals surface area contributed by atoms with Crippen molar-refractivity contribution in [2.75, 3.05) is 12.4 Å². The quantitative estimate of drug-likeness (QED) is 0.757. The molecule has 0 aliphatic carbocycles. The second-order valence-electron chi connectivity index (χ2n) is 6.30. The molecule has 1 saturated heterocycles. The van der Waals surface area contributed by atoms with E-state index in [9.17, 15) is 4.79 Å². The van der Waals surface area contributed by atoms with Crippen LogP contribution in [0.4, 0.5) is 0 Å². The van der Waals surface area contributed by atoms with E-state index in [0.717, 1.165) is 10.5 Å². The first-order chi connectivity index (χ1) is 11.7. The van der Waals surface area contributed by atoms with E-state index >= 15 is 0 Å². The molecule has 3 rings (SSSR count). The SMILES string of the molecule is CC(C)C1OCC(c2ccccc2)N1C(=O)CSc1ccccc1. The summed E-state index contributed by atoms with van der Waals surface area (Å²) in [5.74, 6) is 0.832. The molecule has 0 radical (unpaired) electrons. The molecule has 2 aromatic rings. The Morgan fingerprint density at radius 3 is 2.38 bits per heavy atom. The lowest BCUT2D eigenvalue weighted by molar-refractivity contribution is -0.137. The number of carbonyl (C=O) groups excluding carboxylic acids is 1. The van der Waals surface area contributed by atoms with E-state index in [-0.39, 0.29) is 24.1 Å². The van der Waals surface area contributed by atoms with Crippen LogP contribution in [0.3, 0.4) is 0 Å². The first kappa shape index (κ1) is 17.1. The summed E-state index contributed by atoms with van der Waals surface area (Å²) in [4.78, 5) is 16.0. The van der Waals surface area contributed by atoms with Crippen molar-refractivity contribution in [2.24, 2.45) is 5.92 Å². The number of benzene rings is 2. The van der Waals surface area contributed by atoms with Gasteiger partial charge in [0, 0.05) is 4.90 Å². The van der Waals surface area contributed by atoms with Gasteiger partial charge in [-0.2, -0.15) is 0 Å². The number of amides is 1. The summed E-state index contributed by atoms with van der Waals surface area (Å²) >= 11 is 1.58. The lowest BCUT2D eigenvalue weighted by atomic mass is 10.1. The predicted octanol–water partition coefficient (Wildman–Crippen LogP) is 4.36. The fourth-order valence-corrected chi connectivity index (χ4v) is 3.81. The molecule has 3 nitrogen and oxygen atoms in total. The van der Waals surface area contributed by atoms with Gasteiger partial charge in [-0.25, -0.2) is 0 Å². The maximum Gasteiger partial charge on any atom is 0.235 e. The number of hydrogen-bond donors (Lipinski definition) is 0. The monoisotopic (exact) mass is 341 g/mol. The van der Waals surface area contributed by atoms with Crippen molar-refractivity contribution in [1.82, 2.24) is 4.90 Å². The fourth-order valence-electron chi connectivity index (χ4n) is 3.03. The Hall–Kier alpha value is -1.78. The van der Waals surface area contributed by atoms with Gasteiger partial charge in [0.2, 0.25) is 5.91 Å². The van der Waals surface area contributed by atoms with Gasteiger partial charge in [-0.1, -0.05) is 62.4 Å². The van der Waals surface area contributed by atoms with Crippen LogP contribution in [0.25, 0.3) is 0 Å². The molecule has 126 valence electrons. The van der Waals surface area contributed by atoms with E-state index in [4.69, 9.17) is 4.74 Å². The Morgan fingerprint density at radius 2 is 1.75 bits per heavy atom. The molecule has 0 aromatic heterocycles. The molecule has 1 aliphatic rings. The highest BCUT2D eigenvalue weighted by atomic mass is 32.2. The van der Waals surface area contributed by atoms with Crippen molar-refractivity contribution in [1.29, 1.82) is 0 Å². The Kier molecular flexibility index (Phi) is 5.59. The maximum atomic E-state index is 12.9. The molecule has 0 saturated carbocycles. The molecule has 4 heteroatoms. The average Bonchev–Trinajstić information content (AvgIpc) is 3.07. The van der Waals surface area contributed by atoms with E-state index < -0.39 is 0 Å². The zero-order valence-electron chi connectivity index (χ0n) is 14.1. The molecule has 2 unspecified atom stereocenters. The van der Waals surface area contributed by atoms with Crippen molar-refractivity contribution in [3.05, 3.63) is 66.2 Å². The first-order valence-corrected chi connectivity index (χ1v) is 9.31. The van der Waals surface area contributed by atoms with Crippen molar-refractivity contribution in [2.45, 2.75) is 31.0 Å². The molecule has 24 heavy (non-hydrogen) atoms. The van der Waals surface area contributed by atoms with Gasteiger partial charge < -0.3 is 9.64 Å². The molecule has 1 fully saturated rings. The van der Waals surface area contributed by atoms with E-state index in [1.54, 1.807) is 11.8 Å². The highest BCUT2D eigenvalue weighted by Gasteiger charge is 2.39. The van der Waals surface area contributed by atoms with E-state index in [1.165, 1.54) is 0 Å². The van der Waals surface area contributed by atoms with Crippen molar-refractivity contribution in [3.63, 3.8) is 0 Å². The highest BCUT2D eigenvalue weighted by Crippen LogP contribution is 2.34. The van der Waals surface area contributed by atoms with E-state index in [1.807, 2.05) is 53.4 Å². The summed E-state index contributed by atoms with van der Waals surface area (Å²) in [7, 11) is 0. The summed E-state index contributed by atoms with van der Waals surface area (Å²) < 4.78 is 5.96. The number of hydrogen-bond acceptors (Lipinski definition) is 3. The predicted molar refractivity (Wildman–Crippen MR) is 97.8 cm³/mol. The van der Waals surface area contributed by atoms with Crippen molar-refractivity contribution >= 4 is 17.7 Å². The Balaban J connectivity index is 1.76. The molecular weight excluding hydrogens is 318 g/mol. The standard InChI is InChI=1S/C20H23NO2S/c1-15(2)20-21(18(13-23-20)16-9-5-3-6-10-16)19(22)14-24-17-11-7-4-8-12-17/h3-12,15,18,20H,13-14H2,1-2H3. The average molecular weight is 341 g/mol. The number of nitrogens with zero attached hydrogens (tertiary/aromatic N) is 1. The van der Waals surface area contributed by atoms with Crippen LogP contribution in [0.15, 0.2) is 65.6 Å².